The summed E-state index contributed by atoms with van der Waals surface area (Å²) in [6, 6.07) is 0.665. The Labute approximate surface area is 101 Å². The standard InChI is InChI=1S/C13H28N2O/c1-5-7-14-8-6-11(2)15-9-12(3)16-13(4)10-15/h11-14H,5-10H2,1-4H3/t11?,12-,13+. The van der Waals surface area contributed by atoms with Crippen molar-refractivity contribution in [2.45, 2.75) is 58.8 Å². The van der Waals surface area contributed by atoms with Crippen molar-refractivity contribution >= 4 is 0 Å². The van der Waals surface area contributed by atoms with Gasteiger partial charge in [-0.25, -0.2) is 0 Å². The van der Waals surface area contributed by atoms with Crippen LogP contribution in [0.1, 0.15) is 40.5 Å². The summed E-state index contributed by atoms with van der Waals surface area (Å²) in [6.07, 6.45) is 3.23. The summed E-state index contributed by atoms with van der Waals surface area (Å²) >= 11 is 0. The molecule has 16 heavy (non-hydrogen) atoms. The second kappa shape index (κ2) is 7.25. The Bertz CT molecular complexity index is 177. The molecule has 0 aromatic rings. The molecule has 1 heterocycles. The van der Waals surface area contributed by atoms with E-state index in [2.05, 4.69) is 37.9 Å². The Hall–Kier alpha value is -0.120. The van der Waals surface area contributed by atoms with Crippen molar-refractivity contribution in [2.75, 3.05) is 26.2 Å². The lowest BCUT2D eigenvalue weighted by Gasteiger charge is -2.39. The van der Waals surface area contributed by atoms with Crippen LogP contribution in [-0.2, 0) is 4.74 Å². The third-order valence-electron chi connectivity index (χ3n) is 3.24. The van der Waals surface area contributed by atoms with Crippen LogP contribution in [0.15, 0.2) is 0 Å². The SMILES string of the molecule is CCCNCCC(C)N1C[C@@H](C)O[C@@H](C)C1. The normalized spacial score (nSPS) is 29.2. The molecule has 0 radical (unpaired) electrons. The summed E-state index contributed by atoms with van der Waals surface area (Å²) in [5, 5.41) is 3.47. The van der Waals surface area contributed by atoms with Crippen LogP contribution in [0.2, 0.25) is 0 Å². The van der Waals surface area contributed by atoms with Crippen molar-refractivity contribution in [1.29, 1.82) is 0 Å². The minimum Gasteiger partial charge on any atom is -0.373 e. The largest absolute Gasteiger partial charge is 0.373 e. The molecular weight excluding hydrogens is 200 g/mol. The first-order chi connectivity index (χ1) is 7.63. The monoisotopic (exact) mass is 228 g/mol. The summed E-state index contributed by atoms with van der Waals surface area (Å²) in [5.74, 6) is 0. The van der Waals surface area contributed by atoms with Crippen LogP contribution in [0, 0.1) is 0 Å². The zero-order valence-electron chi connectivity index (χ0n) is 11.3. The first-order valence-corrected chi connectivity index (χ1v) is 6.73. The maximum absolute atomic E-state index is 5.75. The number of morpholine rings is 1. The number of nitrogens with one attached hydrogen (secondary N) is 1. The van der Waals surface area contributed by atoms with Crippen molar-refractivity contribution in [3.8, 4) is 0 Å². The second-order valence-corrected chi connectivity index (χ2v) is 5.10. The molecule has 0 amide bonds. The van der Waals surface area contributed by atoms with Gasteiger partial charge in [0.2, 0.25) is 0 Å². The smallest absolute Gasteiger partial charge is 0.0678 e. The molecule has 0 spiro atoms. The molecule has 3 heteroatoms. The maximum atomic E-state index is 5.75. The van der Waals surface area contributed by atoms with E-state index in [4.69, 9.17) is 4.74 Å². The van der Waals surface area contributed by atoms with Crippen molar-refractivity contribution in [1.82, 2.24) is 10.2 Å². The van der Waals surface area contributed by atoms with E-state index in [-0.39, 0.29) is 0 Å². The number of ether oxygens (including phenoxy) is 1. The van der Waals surface area contributed by atoms with Gasteiger partial charge in [0.1, 0.15) is 0 Å². The van der Waals surface area contributed by atoms with E-state index in [1.54, 1.807) is 0 Å². The lowest BCUT2D eigenvalue weighted by atomic mass is 10.1. The van der Waals surface area contributed by atoms with Crippen LogP contribution < -0.4 is 5.32 Å². The first kappa shape index (κ1) is 13.9. The van der Waals surface area contributed by atoms with Crippen molar-refractivity contribution < 1.29 is 4.74 Å². The molecule has 0 saturated carbocycles. The maximum Gasteiger partial charge on any atom is 0.0678 e. The zero-order chi connectivity index (χ0) is 12.0. The molecule has 0 aromatic heterocycles. The molecule has 3 atom stereocenters. The third-order valence-corrected chi connectivity index (χ3v) is 3.24. The number of nitrogens with zero attached hydrogens (tertiary/aromatic N) is 1. The fourth-order valence-electron chi connectivity index (χ4n) is 2.37. The van der Waals surface area contributed by atoms with Crippen LogP contribution in [0.3, 0.4) is 0 Å². The second-order valence-electron chi connectivity index (χ2n) is 5.10. The van der Waals surface area contributed by atoms with Crippen LogP contribution in [0.4, 0.5) is 0 Å². The lowest BCUT2D eigenvalue weighted by molar-refractivity contribution is -0.0790. The van der Waals surface area contributed by atoms with E-state index in [0.717, 1.165) is 26.2 Å². The van der Waals surface area contributed by atoms with Gasteiger partial charge in [0.25, 0.3) is 0 Å². The summed E-state index contributed by atoms with van der Waals surface area (Å²) in [7, 11) is 0. The molecule has 0 aliphatic carbocycles. The summed E-state index contributed by atoms with van der Waals surface area (Å²) in [6.45, 7) is 13.3. The Morgan fingerprint density at radius 1 is 1.25 bits per heavy atom. The van der Waals surface area contributed by atoms with Gasteiger partial charge >= 0.3 is 0 Å². The van der Waals surface area contributed by atoms with Gasteiger partial charge in [-0.15, -0.1) is 0 Å². The van der Waals surface area contributed by atoms with E-state index >= 15 is 0 Å². The highest BCUT2D eigenvalue weighted by atomic mass is 16.5. The van der Waals surface area contributed by atoms with Crippen LogP contribution in [0.25, 0.3) is 0 Å². The van der Waals surface area contributed by atoms with Crippen LogP contribution >= 0.6 is 0 Å². The molecule has 1 rings (SSSR count). The molecule has 1 unspecified atom stereocenters. The van der Waals surface area contributed by atoms with Gasteiger partial charge in [0.05, 0.1) is 12.2 Å². The quantitative estimate of drug-likeness (QED) is 0.703. The van der Waals surface area contributed by atoms with Gasteiger partial charge < -0.3 is 10.1 Å². The summed E-state index contributed by atoms with van der Waals surface area (Å²) < 4.78 is 5.75. The molecule has 96 valence electrons. The van der Waals surface area contributed by atoms with E-state index < -0.39 is 0 Å². The highest BCUT2D eigenvalue weighted by molar-refractivity contribution is 4.77. The lowest BCUT2D eigenvalue weighted by Crippen LogP contribution is -2.49. The minimum absolute atomic E-state index is 0.384. The molecule has 0 bridgehead atoms. The Morgan fingerprint density at radius 2 is 1.88 bits per heavy atom. The fourth-order valence-corrected chi connectivity index (χ4v) is 2.37. The van der Waals surface area contributed by atoms with Crippen molar-refractivity contribution in [3.05, 3.63) is 0 Å². The Kier molecular flexibility index (Phi) is 6.32. The van der Waals surface area contributed by atoms with Gasteiger partial charge in [-0.3, -0.25) is 4.90 Å². The Balaban J connectivity index is 2.21. The minimum atomic E-state index is 0.384. The van der Waals surface area contributed by atoms with Crippen LogP contribution in [0.5, 0.6) is 0 Å². The molecule has 1 saturated heterocycles. The third kappa shape index (κ3) is 4.81. The highest BCUT2D eigenvalue weighted by Crippen LogP contribution is 2.14. The molecule has 0 aromatic carbocycles. The molecule has 1 aliphatic heterocycles. The molecule has 3 nitrogen and oxygen atoms in total. The van der Waals surface area contributed by atoms with E-state index in [9.17, 15) is 0 Å². The predicted octanol–water partition coefficient (Wildman–Crippen LogP) is 1.87. The fraction of sp³-hybridized carbons (Fsp3) is 1.00. The topological polar surface area (TPSA) is 24.5 Å². The molecule has 1 aliphatic rings. The Morgan fingerprint density at radius 3 is 2.44 bits per heavy atom. The van der Waals surface area contributed by atoms with Gasteiger partial charge in [0, 0.05) is 19.1 Å². The molecule has 1 fully saturated rings. The number of hydrogen-bond donors (Lipinski definition) is 1. The van der Waals surface area contributed by atoms with Gasteiger partial charge in [-0.05, 0) is 46.7 Å². The average molecular weight is 228 g/mol. The number of rotatable bonds is 6. The number of hydrogen-bond acceptors (Lipinski definition) is 3. The zero-order valence-corrected chi connectivity index (χ0v) is 11.3. The van der Waals surface area contributed by atoms with E-state index in [0.29, 0.717) is 18.2 Å². The van der Waals surface area contributed by atoms with Crippen molar-refractivity contribution in [3.63, 3.8) is 0 Å². The van der Waals surface area contributed by atoms with Gasteiger partial charge in [0.15, 0.2) is 0 Å². The van der Waals surface area contributed by atoms with Gasteiger partial charge in [-0.1, -0.05) is 6.92 Å². The predicted molar refractivity (Wildman–Crippen MR) is 68.8 cm³/mol. The van der Waals surface area contributed by atoms with E-state index in [1.165, 1.54) is 12.8 Å². The average Bonchev–Trinajstić information content (AvgIpc) is 2.22. The van der Waals surface area contributed by atoms with Crippen LogP contribution in [-0.4, -0.2) is 49.3 Å². The molecular formula is C13H28N2O. The van der Waals surface area contributed by atoms with Gasteiger partial charge in [-0.2, -0.15) is 0 Å². The summed E-state index contributed by atoms with van der Waals surface area (Å²) in [4.78, 5) is 2.56. The van der Waals surface area contributed by atoms with Crippen molar-refractivity contribution in [2.24, 2.45) is 0 Å². The highest BCUT2D eigenvalue weighted by Gasteiger charge is 2.25. The molecule has 1 N–H and O–H groups in total. The summed E-state index contributed by atoms with van der Waals surface area (Å²) in [5.41, 5.74) is 0. The van der Waals surface area contributed by atoms with E-state index in [1.807, 2.05) is 0 Å². The first-order valence-electron chi connectivity index (χ1n) is 6.73.